The van der Waals surface area contributed by atoms with Gasteiger partial charge in [0.05, 0.1) is 16.8 Å². The monoisotopic (exact) mass is 440 g/mol. The van der Waals surface area contributed by atoms with Gasteiger partial charge in [-0.15, -0.1) is 0 Å². The van der Waals surface area contributed by atoms with Gasteiger partial charge in [-0.05, 0) is 42.0 Å². The predicted octanol–water partition coefficient (Wildman–Crippen LogP) is 8.03. The number of hydrogen-bond donors (Lipinski definition) is 0. The molecule has 0 aliphatic rings. The molecule has 0 unspecified atom stereocenters. The first-order valence-electron chi connectivity index (χ1n) is 10.7. The predicted molar refractivity (Wildman–Crippen MR) is 128 cm³/mol. The fourth-order valence-corrected chi connectivity index (χ4v) is 4.99. The highest BCUT2D eigenvalue weighted by molar-refractivity contribution is 6.23. The van der Waals surface area contributed by atoms with E-state index in [1.165, 1.54) is 11.6 Å². The van der Waals surface area contributed by atoms with Gasteiger partial charge in [0.15, 0.2) is 0 Å². The second-order valence-corrected chi connectivity index (χ2v) is 8.54. The zero-order chi connectivity index (χ0) is 22.9. The smallest absolute Gasteiger partial charge is 0.343 e. The minimum atomic E-state index is -4.37. The third kappa shape index (κ3) is 2.92. The highest BCUT2D eigenvalue weighted by Gasteiger charge is 2.31. The summed E-state index contributed by atoms with van der Waals surface area (Å²) in [4.78, 5) is 4.66. The Balaban J connectivity index is 1.68. The van der Waals surface area contributed by atoms with Gasteiger partial charge in [0.25, 0.3) is 0 Å². The van der Waals surface area contributed by atoms with Gasteiger partial charge >= 0.3 is 6.18 Å². The van der Waals surface area contributed by atoms with Crippen LogP contribution in [0.5, 0.6) is 0 Å². The SMILES string of the molecule is Cc1cccc(-c2nccc3c2ccc2c3ccc3c4ccc(C(F)(F)F)cc4n(C)c23)c1. The Bertz CT molecular complexity index is 1730. The quantitative estimate of drug-likeness (QED) is 0.237. The molecule has 0 atom stereocenters. The van der Waals surface area contributed by atoms with Crippen LogP contribution in [0, 0.1) is 6.92 Å². The van der Waals surface area contributed by atoms with Crippen molar-refractivity contribution in [2.45, 2.75) is 13.1 Å². The number of aromatic nitrogens is 2. The van der Waals surface area contributed by atoms with Crippen LogP contribution in [0.2, 0.25) is 0 Å². The molecule has 0 aliphatic heterocycles. The van der Waals surface area contributed by atoms with E-state index in [4.69, 9.17) is 0 Å². The fraction of sp³-hybridized carbons (Fsp3) is 0.107. The van der Waals surface area contributed by atoms with Crippen LogP contribution in [0.1, 0.15) is 11.1 Å². The first-order valence-corrected chi connectivity index (χ1v) is 10.7. The zero-order valence-corrected chi connectivity index (χ0v) is 18.0. The van der Waals surface area contributed by atoms with E-state index in [-0.39, 0.29) is 0 Å². The van der Waals surface area contributed by atoms with Crippen molar-refractivity contribution in [1.82, 2.24) is 9.55 Å². The minimum absolute atomic E-state index is 0.572. The molecule has 5 heteroatoms. The Hall–Kier alpha value is -3.86. The van der Waals surface area contributed by atoms with Crippen molar-refractivity contribution in [2.24, 2.45) is 7.05 Å². The summed E-state index contributed by atoms with van der Waals surface area (Å²) < 4.78 is 41.8. The Kier molecular flexibility index (Phi) is 4.09. The first kappa shape index (κ1) is 19.8. The standard InChI is InChI=1S/C28H19F3N2/c1-16-4-3-5-17(14-16)26-22-9-11-23-19(20(22)12-13-32-26)8-10-24-21-7-6-18(28(29,30)31)15-25(21)33(2)27(23)24/h3-15H,1-2H3. The van der Waals surface area contributed by atoms with Gasteiger partial charge in [-0.2, -0.15) is 13.2 Å². The van der Waals surface area contributed by atoms with Gasteiger partial charge in [0.1, 0.15) is 0 Å². The number of nitrogens with zero attached hydrogens (tertiary/aromatic N) is 2. The van der Waals surface area contributed by atoms with E-state index in [9.17, 15) is 13.2 Å². The number of alkyl halides is 3. The van der Waals surface area contributed by atoms with Crippen LogP contribution in [0.3, 0.4) is 0 Å². The molecular formula is C28H19F3N2. The van der Waals surface area contributed by atoms with Crippen molar-refractivity contribution in [3.05, 3.63) is 90.1 Å². The van der Waals surface area contributed by atoms with Crippen LogP contribution < -0.4 is 0 Å². The van der Waals surface area contributed by atoms with Crippen molar-refractivity contribution in [3.63, 3.8) is 0 Å². The molecule has 0 bridgehead atoms. The molecule has 0 saturated heterocycles. The van der Waals surface area contributed by atoms with Crippen molar-refractivity contribution >= 4 is 43.4 Å². The first-order chi connectivity index (χ1) is 15.8. The highest BCUT2D eigenvalue weighted by atomic mass is 19.4. The molecule has 0 amide bonds. The summed E-state index contributed by atoms with van der Waals surface area (Å²) in [6.07, 6.45) is -2.55. The molecule has 2 aromatic heterocycles. The summed E-state index contributed by atoms with van der Waals surface area (Å²) in [5, 5.41) is 5.95. The lowest BCUT2D eigenvalue weighted by molar-refractivity contribution is -0.137. The van der Waals surface area contributed by atoms with E-state index in [0.29, 0.717) is 5.52 Å². The molecule has 0 radical (unpaired) electrons. The van der Waals surface area contributed by atoms with Crippen LogP contribution in [-0.4, -0.2) is 9.55 Å². The van der Waals surface area contributed by atoms with Crippen LogP contribution in [-0.2, 0) is 13.2 Å². The van der Waals surface area contributed by atoms with Crippen molar-refractivity contribution in [3.8, 4) is 11.3 Å². The molecule has 6 rings (SSSR count). The molecular weight excluding hydrogens is 421 g/mol. The summed E-state index contributed by atoms with van der Waals surface area (Å²) in [6.45, 7) is 2.06. The summed E-state index contributed by atoms with van der Waals surface area (Å²) >= 11 is 0. The minimum Gasteiger partial charge on any atom is -0.343 e. The number of benzene rings is 4. The molecule has 4 aromatic carbocycles. The molecule has 2 nitrogen and oxygen atoms in total. The van der Waals surface area contributed by atoms with Crippen molar-refractivity contribution < 1.29 is 13.2 Å². The van der Waals surface area contributed by atoms with E-state index < -0.39 is 11.7 Å². The summed E-state index contributed by atoms with van der Waals surface area (Å²) in [6, 6.07) is 22.5. The number of pyridine rings is 1. The zero-order valence-electron chi connectivity index (χ0n) is 18.0. The van der Waals surface area contributed by atoms with Gasteiger partial charge in [-0.3, -0.25) is 4.98 Å². The topological polar surface area (TPSA) is 17.8 Å². The summed E-state index contributed by atoms with van der Waals surface area (Å²) in [5.74, 6) is 0. The van der Waals surface area contributed by atoms with E-state index in [1.54, 1.807) is 6.07 Å². The Morgan fingerprint density at radius 1 is 0.727 bits per heavy atom. The lowest BCUT2D eigenvalue weighted by Crippen LogP contribution is -2.04. The summed E-state index contributed by atoms with van der Waals surface area (Å²) in [7, 11) is 1.83. The van der Waals surface area contributed by atoms with Gasteiger partial charge in [-0.1, -0.05) is 54.1 Å². The van der Waals surface area contributed by atoms with Crippen LogP contribution in [0.25, 0.3) is 54.6 Å². The van der Waals surface area contributed by atoms with E-state index in [1.807, 2.05) is 36.0 Å². The number of rotatable bonds is 1. The van der Waals surface area contributed by atoms with Gasteiger partial charge < -0.3 is 4.57 Å². The maximum Gasteiger partial charge on any atom is 0.416 e. The Labute approximate surface area is 187 Å². The average Bonchev–Trinajstić information content (AvgIpc) is 3.09. The van der Waals surface area contributed by atoms with E-state index >= 15 is 0 Å². The van der Waals surface area contributed by atoms with Gasteiger partial charge in [0.2, 0.25) is 0 Å². The molecule has 0 aliphatic carbocycles. The van der Waals surface area contributed by atoms with Gasteiger partial charge in [0, 0.05) is 45.9 Å². The Morgan fingerprint density at radius 3 is 2.15 bits per heavy atom. The summed E-state index contributed by atoms with van der Waals surface area (Å²) in [5.41, 5.74) is 4.02. The van der Waals surface area contributed by atoms with Crippen molar-refractivity contribution in [1.29, 1.82) is 0 Å². The number of halogens is 3. The lowest BCUT2D eigenvalue weighted by Gasteiger charge is -2.11. The number of hydrogen-bond acceptors (Lipinski definition) is 1. The van der Waals surface area contributed by atoms with Gasteiger partial charge in [-0.25, -0.2) is 0 Å². The third-order valence-electron chi connectivity index (χ3n) is 6.52. The lowest BCUT2D eigenvalue weighted by atomic mass is 9.97. The number of fused-ring (bicyclic) bond motifs is 7. The van der Waals surface area contributed by atoms with Crippen LogP contribution >= 0.6 is 0 Å². The maximum absolute atomic E-state index is 13.3. The second-order valence-electron chi connectivity index (χ2n) is 8.54. The second kappa shape index (κ2) is 6.82. The molecule has 6 aromatic rings. The van der Waals surface area contributed by atoms with Crippen LogP contribution in [0.4, 0.5) is 13.2 Å². The average molecular weight is 440 g/mol. The largest absolute Gasteiger partial charge is 0.416 e. The number of aryl methyl sites for hydroxylation is 2. The molecule has 0 fully saturated rings. The molecule has 33 heavy (non-hydrogen) atoms. The van der Waals surface area contributed by atoms with E-state index in [0.717, 1.165) is 55.2 Å². The molecule has 0 saturated carbocycles. The van der Waals surface area contributed by atoms with Crippen LogP contribution in [0.15, 0.2) is 79.0 Å². The van der Waals surface area contributed by atoms with Crippen molar-refractivity contribution in [2.75, 3.05) is 0 Å². The molecule has 0 spiro atoms. The Morgan fingerprint density at radius 2 is 1.39 bits per heavy atom. The third-order valence-corrected chi connectivity index (χ3v) is 6.52. The molecule has 162 valence electrons. The fourth-order valence-electron chi connectivity index (χ4n) is 4.99. The maximum atomic E-state index is 13.3. The normalized spacial score (nSPS) is 12.4. The van der Waals surface area contributed by atoms with E-state index in [2.05, 4.69) is 48.3 Å². The molecule has 2 heterocycles. The highest BCUT2D eigenvalue weighted by Crippen LogP contribution is 2.40. The molecule has 0 N–H and O–H groups in total.